The van der Waals surface area contributed by atoms with Gasteiger partial charge in [0.15, 0.2) is 11.5 Å². The van der Waals surface area contributed by atoms with Gasteiger partial charge in [0.2, 0.25) is 0 Å². The van der Waals surface area contributed by atoms with Crippen molar-refractivity contribution in [2.75, 3.05) is 7.11 Å². The smallest absolute Gasteiger partial charge is 0.360 e. The normalized spacial score (nSPS) is 10.2. The molecule has 0 spiro atoms. The lowest BCUT2D eigenvalue weighted by molar-refractivity contribution is 0.0593. The van der Waals surface area contributed by atoms with Gasteiger partial charge in [-0.1, -0.05) is 5.21 Å². The highest BCUT2D eigenvalue weighted by Gasteiger charge is 2.13. The first kappa shape index (κ1) is 11.5. The lowest BCUT2D eigenvalue weighted by Crippen LogP contribution is -2.10. The minimum absolute atomic E-state index is 0.0563. The van der Waals surface area contributed by atoms with Crippen LogP contribution in [-0.4, -0.2) is 33.9 Å². The number of hydrogen-bond donors (Lipinski definition) is 0. The van der Waals surface area contributed by atoms with Crippen molar-refractivity contribution in [3.05, 3.63) is 34.3 Å². The van der Waals surface area contributed by atoms with E-state index < -0.39 is 5.97 Å². The Hall–Kier alpha value is -2.02. The van der Waals surface area contributed by atoms with Crippen LogP contribution in [0.4, 0.5) is 0 Å². The van der Waals surface area contributed by atoms with Gasteiger partial charge in [-0.15, -0.1) is 5.10 Å². The zero-order valence-corrected chi connectivity index (χ0v) is 9.81. The predicted octanol–water partition coefficient (Wildman–Crippen LogP) is 1.01. The summed E-state index contributed by atoms with van der Waals surface area (Å²) < 4.78 is 5.80. The summed E-state index contributed by atoms with van der Waals surface area (Å²) in [4.78, 5) is 22.8. The molecule has 7 heteroatoms. The van der Waals surface area contributed by atoms with Gasteiger partial charge in [0.1, 0.15) is 6.54 Å². The molecule has 2 aromatic rings. The Kier molecular flexibility index (Phi) is 3.29. The van der Waals surface area contributed by atoms with Crippen molar-refractivity contribution in [3.8, 4) is 0 Å². The molecule has 0 atom stereocenters. The topological polar surface area (TPSA) is 74.1 Å². The monoisotopic (exact) mass is 251 g/mol. The van der Waals surface area contributed by atoms with E-state index in [0.29, 0.717) is 5.56 Å². The van der Waals surface area contributed by atoms with Crippen molar-refractivity contribution in [3.63, 3.8) is 0 Å². The summed E-state index contributed by atoms with van der Waals surface area (Å²) in [6, 6.07) is 1.74. The molecule has 0 aromatic carbocycles. The zero-order valence-electron chi connectivity index (χ0n) is 8.99. The highest BCUT2D eigenvalue weighted by atomic mass is 32.1. The molecule has 0 aliphatic carbocycles. The van der Waals surface area contributed by atoms with Crippen molar-refractivity contribution in [1.29, 1.82) is 0 Å². The van der Waals surface area contributed by atoms with Crippen LogP contribution in [0.25, 0.3) is 0 Å². The van der Waals surface area contributed by atoms with Crippen LogP contribution >= 0.6 is 11.3 Å². The summed E-state index contributed by atoms with van der Waals surface area (Å²) in [5.41, 5.74) is 0.718. The molecule has 0 unspecified atom stereocenters. The van der Waals surface area contributed by atoms with E-state index in [1.54, 1.807) is 11.4 Å². The number of rotatable bonds is 4. The third-order valence-corrected chi connectivity index (χ3v) is 2.77. The van der Waals surface area contributed by atoms with Crippen molar-refractivity contribution in [2.24, 2.45) is 0 Å². The van der Waals surface area contributed by atoms with Gasteiger partial charge in [-0.05, 0) is 11.4 Å². The molecule has 0 amide bonds. The molecule has 0 radical (unpaired) electrons. The molecule has 0 aliphatic rings. The van der Waals surface area contributed by atoms with E-state index in [9.17, 15) is 9.59 Å². The van der Waals surface area contributed by atoms with Crippen LogP contribution in [0, 0.1) is 0 Å². The van der Waals surface area contributed by atoms with E-state index in [1.807, 2.05) is 5.38 Å². The molecule has 0 bridgehead atoms. The minimum Gasteiger partial charge on any atom is -0.464 e. The van der Waals surface area contributed by atoms with E-state index in [-0.39, 0.29) is 18.0 Å². The molecule has 17 heavy (non-hydrogen) atoms. The third kappa shape index (κ3) is 2.56. The number of carbonyl (C=O) groups excluding carboxylic acids is 2. The fraction of sp³-hybridized carbons (Fsp3) is 0.200. The Morgan fingerprint density at radius 3 is 3.00 bits per heavy atom. The van der Waals surface area contributed by atoms with Crippen molar-refractivity contribution >= 4 is 23.1 Å². The number of ether oxygens (including phenoxy) is 1. The molecule has 0 saturated carbocycles. The molecule has 2 aromatic heterocycles. The lowest BCUT2D eigenvalue weighted by atomic mass is 10.2. The average molecular weight is 251 g/mol. The summed E-state index contributed by atoms with van der Waals surface area (Å²) in [5.74, 6) is -0.646. The molecular formula is C10H9N3O3S. The largest absolute Gasteiger partial charge is 0.464 e. The van der Waals surface area contributed by atoms with Gasteiger partial charge < -0.3 is 4.74 Å². The van der Waals surface area contributed by atoms with Crippen LogP contribution in [0.2, 0.25) is 0 Å². The molecular weight excluding hydrogens is 242 g/mol. The van der Waals surface area contributed by atoms with Crippen LogP contribution < -0.4 is 0 Å². The maximum atomic E-state index is 11.7. The first-order valence-electron chi connectivity index (χ1n) is 4.74. The van der Waals surface area contributed by atoms with E-state index in [2.05, 4.69) is 15.0 Å². The zero-order chi connectivity index (χ0) is 12.3. The fourth-order valence-corrected chi connectivity index (χ4v) is 1.90. The first-order chi connectivity index (χ1) is 8.20. The lowest BCUT2D eigenvalue weighted by Gasteiger charge is -1.96. The number of methoxy groups -OCH3 is 1. The van der Waals surface area contributed by atoms with E-state index in [0.717, 1.165) is 0 Å². The van der Waals surface area contributed by atoms with Crippen molar-refractivity contribution in [1.82, 2.24) is 15.0 Å². The van der Waals surface area contributed by atoms with Crippen molar-refractivity contribution in [2.45, 2.75) is 6.54 Å². The van der Waals surface area contributed by atoms with Gasteiger partial charge in [-0.2, -0.15) is 11.3 Å². The number of aromatic nitrogens is 3. The quantitative estimate of drug-likeness (QED) is 0.599. The van der Waals surface area contributed by atoms with Crippen LogP contribution in [0.1, 0.15) is 20.8 Å². The van der Waals surface area contributed by atoms with Crippen LogP contribution in [0.3, 0.4) is 0 Å². The molecule has 0 saturated heterocycles. The average Bonchev–Trinajstić information content (AvgIpc) is 2.98. The maximum Gasteiger partial charge on any atom is 0.360 e. The van der Waals surface area contributed by atoms with E-state index in [4.69, 9.17) is 0 Å². The third-order valence-electron chi connectivity index (χ3n) is 2.08. The number of esters is 1. The number of hydrogen-bond acceptors (Lipinski definition) is 6. The first-order valence-corrected chi connectivity index (χ1v) is 5.69. The van der Waals surface area contributed by atoms with Gasteiger partial charge in [0.05, 0.1) is 13.3 Å². The number of thiophene rings is 1. The Balaban J connectivity index is 2.07. The molecule has 2 heterocycles. The number of ketones is 1. The maximum absolute atomic E-state index is 11.7. The Bertz CT molecular complexity index is 533. The molecule has 0 aliphatic heterocycles. The van der Waals surface area contributed by atoms with E-state index >= 15 is 0 Å². The van der Waals surface area contributed by atoms with Gasteiger partial charge in [-0.3, -0.25) is 4.79 Å². The number of nitrogens with zero attached hydrogens (tertiary/aromatic N) is 3. The Morgan fingerprint density at radius 2 is 2.35 bits per heavy atom. The summed E-state index contributed by atoms with van der Waals surface area (Å²) in [6.45, 7) is 0.0563. The second kappa shape index (κ2) is 4.88. The summed E-state index contributed by atoms with van der Waals surface area (Å²) in [5, 5.41) is 10.9. The number of Topliss-reactive ketones (excluding diaryl/α,β-unsaturated/α-hetero) is 1. The second-order valence-corrected chi connectivity index (χ2v) is 4.01. The van der Waals surface area contributed by atoms with Crippen LogP contribution in [-0.2, 0) is 11.3 Å². The SMILES string of the molecule is COC(=O)c1cn(CC(=O)c2ccsc2)nn1. The Labute approximate surface area is 101 Å². The van der Waals surface area contributed by atoms with Gasteiger partial charge in [-0.25, -0.2) is 9.48 Å². The summed E-state index contributed by atoms with van der Waals surface area (Å²) >= 11 is 1.45. The second-order valence-electron chi connectivity index (χ2n) is 3.23. The van der Waals surface area contributed by atoms with Crippen molar-refractivity contribution < 1.29 is 14.3 Å². The molecule has 88 valence electrons. The van der Waals surface area contributed by atoms with Gasteiger partial charge >= 0.3 is 5.97 Å². The van der Waals surface area contributed by atoms with E-state index in [1.165, 1.54) is 29.3 Å². The molecule has 0 fully saturated rings. The van der Waals surface area contributed by atoms with Crippen LogP contribution in [0.5, 0.6) is 0 Å². The highest BCUT2D eigenvalue weighted by molar-refractivity contribution is 7.08. The number of carbonyl (C=O) groups is 2. The van der Waals surface area contributed by atoms with Crippen LogP contribution in [0.15, 0.2) is 23.0 Å². The molecule has 0 N–H and O–H groups in total. The highest BCUT2D eigenvalue weighted by Crippen LogP contribution is 2.08. The Morgan fingerprint density at radius 1 is 1.53 bits per heavy atom. The minimum atomic E-state index is -0.570. The molecule has 6 nitrogen and oxygen atoms in total. The summed E-state index contributed by atoms with van der Waals surface area (Å²) in [6.07, 6.45) is 1.39. The standard InChI is InChI=1S/C10H9N3O3S/c1-16-10(15)8-4-13(12-11-8)5-9(14)7-2-3-17-6-7/h2-4,6H,5H2,1H3. The fourth-order valence-electron chi connectivity index (χ4n) is 1.24. The summed E-state index contributed by atoms with van der Waals surface area (Å²) in [7, 11) is 1.26. The predicted molar refractivity (Wildman–Crippen MR) is 60.0 cm³/mol. The molecule has 2 rings (SSSR count). The van der Waals surface area contributed by atoms with Gasteiger partial charge in [0.25, 0.3) is 0 Å². The van der Waals surface area contributed by atoms with Gasteiger partial charge in [0, 0.05) is 10.9 Å².